The van der Waals surface area contributed by atoms with E-state index in [1.54, 1.807) is 11.3 Å². The first-order valence-electron chi connectivity index (χ1n) is 3.36. The van der Waals surface area contributed by atoms with Crippen molar-refractivity contribution in [2.24, 2.45) is 0 Å². The second-order valence-electron chi connectivity index (χ2n) is 2.21. The van der Waals surface area contributed by atoms with E-state index in [-0.39, 0.29) is 0 Å². The molecule has 3 heteroatoms. The van der Waals surface area contributed by atoms with Gasteiger partial charge in [-0.25, -0.2) is 0 Å². The first-order valence-corrected chi connectivity index (χ1v) is 4.74. The third-order valence-corrected chi connectivity index (χ3v) is 2.39. The molecule has 0 bridgehead atoms. The van der Waals surface area contributed by atoms with Crippen molar-refractivity contribution in [3.05, 3.63) is 27.9 Å². The van der Waals surface area contributed by atoms with E-state index in [1.807, 2.05) is 6.08 Å². The van der Waals surface area contributed by atoms with Crippen molar-refractivity contribution in [1.29, 1.82) is 0 Å². The smallest absolute Gasteiger partial charge is 0.0481 e. The van der Waals surface area contributed by atoms with Crippen molar-refractivity contribution in [2.45, 2.75) is 6.92 Å². The topological polar surface area (TPSA) is 12.0 Å². The van der Waals surface area contributed by atoms with Crippen LogP contribution in [0.2, 0.25) is 0 Å². The Morgan fingerprint density at radius 3 is 3.00 bits per heavy atom. The van der Waals surface area contributed by atoms with E-state index in [1.165, 1.54) is 16.8 Å². The molecule has 1 aromatic heterocycles. The number of aryl methyl sites for hydroxylation is 1. The maximum absolute atomic E-state index is 5.36. The van der Waals surface area contributed by atoms with Gasteiger partial charge in [-0.05, 0) is 17.9 Å². The van der Waals surface area contributed by atoms with Gasteiger partial charge in [0.25, 0.3) is 0 Å². The predicted molar refractivity (Wildman–Crippen MR) is 52.5 cm³/mol. The minimum atomic E-state index is 0.793. The lowest BCUT2D eigenvalue weighted by Gasteiger charge is -1.99. The van der Waals surface area contributed by atoms with Gasteiger partial charge in [0.15, 0.2) is 0 Å². The lowest BCUT2D eigenvalue weighted by atomic mass is 10.3. The molecule has 1 aromatic rings. The van der Waals surface area contributed by atoms with E-state index in [9.17, 15) is 0 Å². The SMILES string of the molecule is Cc1cscc1NC/C=C/Cl. The zero-order valence-electron chi connectivity index (χ0n) is 6.30. The summed E-state index contributed by atoms with van der Waals surface area (Å²) in [7, 11) is 0. The van der Waals surface area contributed by atoms with Crippen LogP contribution in [0.25, 0.3) is 0 Å². The molecule has 0 aromatic carbocycles. The fraction of sp³-hybridized carbons (Fsp3) is 0.250. The van der Waals surface area contributed by atoms with Gasteiger partial charge in [-0.1, -0.05) is 17.7 Å². The van der Waals surface area contributed by atoms with E-state index in [0.29, 0.717) is 0 Å². The number of anilines is 1. The minimum Gasteiger partial charge on any atom is -0.381 e. The van der Waals surface area contributed by atoms with Crippen molar-refractivity contribution in [2.75, 3.05) is 11.9 Å². The van der Waals surface area contributed by atoms with E-state index >= 15 is 0 Å². The zero-order valence-corrected chi connectivity index (χ0v) is 7.88. The predicted octanol–water partition coefficient (Wildman–Crippen LogP) is 3.22. The summed E-state index contributed by atoms with van der Waals surface area (Å²) in [6.45, 7) is 2.88. The standard InChI is InChI=1S/C8H10ClNS/c1-7-5-11-6-8(7)10-4-2-3-9/h2-3,5-6,10H,4H2,1H3/b3-2+. The van der Waals surface area contributed by atoms with Crippen LogP contribution >= 0.6 is 22.9 Å². The maximum atomic E-state index is 5.36. The average Bonchev–Trinajstić information content (AvgIpc) is 2.37. The van der Waals surface area contributed by atoms with Gasteiger partial charge in [0.1, 0.15) is 0 Å². The summed E-state index contributed by atoms with van der Waals surface area (Å²) in [5.74, 6) is 0. The summed E-state index contributed by atoms with van der Waals surface area (Å²) in [4.78, 5) is 0. The van der Waals surface area contributed by atoms with Crippen molar-refractivity contribution < 1.29 is 0 Å². The molecule has 0 aliphatic rings. The number of halogens is 1. The average molecular weight is 188 g/mol. The number of nitrogens with one attached hydrogen (secondary N) is 1. The molecule has 1 N–H and O–H groups in total. The normalized spacial score (nSPS) is 10.7. The van der Waals surface area contributed by atoms with Gasteiger partial charge in [0.05, 0.1) is 0 Å². The Bertz CT molecular complexity index is 242. The first kappa shape index (κ1) is 8.62. The highest BCUT2D eigenvalue weighted by atomic mass is 35.5. The number of hydrogen-bond acceptors (Lipinski definition) is 2. The first-order chi connectivity index (χ1) is 5.34. The molecular weight excluding hydrogens is 178 g/mol. The third-order valence-electron chi connectivity index (χ3n) is 1.36. The van der Waals surface area contributed by atoms with Crippen molar-refractivity contribution in [3.8, 4) is 0 Å². The lowest BCUT2D eigenvalue weighted by molar-refractivity contribution is 1.33. The Morgan fingerprint density at radius 2 is 2.45 bits per heavy atom. The van der Waals surface area contributed by atoms with Crippen LogP contribution in [-0.4, -0.2) is 6.54 Å². The van der Waals surface area contributed by atoms with Crippen molar-refractivity contribution >= 4 is 28.6 Å². The van der Waals surface area contributed by atoms with E-state index < -0.39 is 0 Å². The molecule has 0 atom stereocenters. The summed E-state index contributed by atoms with van der Waals surface area (Å²) in [6.07, 6.45) is 1.87. The Labute approximate surface area is 75.7 Å². The summed E-state index contributed by atoms with van der Waals surface area (Å²) in [5, 5.41) is 7.45. The summed E-state index contributed by atoms with van der Waals surface area (Å²) < 4.78 is 0. The van der Waals surface area contributed by atoms with Crippen molar-refractivity contribution in [1.82, 2.24) is 0 Å². The minimum absolute atomic E-state index is 0.793. The molecule has 0 aliphatic carbocycles. The van der Waals surface area contributed by atoms with Crippen LogP contribution < -0.4 is 5.32 Å². The van der Waals surface area contributed by atoms with Crippen LogP contribution in [0.4, 0.5) is 5.69 Å². The molecule has 0 saturated carbocycles. The molecule has 0 spiro atoms. The molecular formula is C8H10ClNS. The molecule has 0 fully saturated rings. The van der Waals surface area contributed by atoms with Crippen LogP contribution in [-0.2, 0) is 0 Å². The highest BCUT2D eigenvalue weighted by Crippen LogP contribution is 2.18. The quantitative estimate of drug-likeness (QED) is 0.767. The van der Waals surface area contributed by atoms with E-state index in [0.717, 1.165) is 6.54 Å². The Balaban J connectivity index is 2.44. The Morgan fingerprint density at radius 1 is 1.64 bits per heavy atom. The molecule has 0 radical (unpaired) electrons. The van der Waals surface area contributed by atoms with Crippen molar-refractivity contribution in [3.63, 3.8) is 0 Å². The zero-order chi connectivity index (χ0) is 8.10. The number of hydrogen-bond donors (Lipinski definition) is 1. The molecule has 0 saturated heterocycles. The molecule has 60 valence electrons. The van der Waals surface area contributed by atoms with Crippen LogP contribution in [0.5, 0.6) is 0 Å². The van der Waals surface area contributed by atoms with Crippen LogP contribution in [0.15, 0.2) is 22.4 Å². The second-order valence-corrected chi connectivity index (χ2v) is 3.21. The number of thiophene rings is 1. The van der Waals surface area contributed by atoms with Gasteiger partial charge in [0.2, 0.25) is 0 Å². The fourth-order valence-corrected chi connectivity index (χ4v) is 1.65. The van der Waals surface area contributed by atoms with Crippen LogP contribution in [0, 0.1) is 6.92 Å². The maximum Gasteiger partial charge on any atom is 0.0481 e. The highest BCUT2D eigenvalue weighted by molar-refractivity contribution is 7.08. The number of rotatable bonds is 3. The Kier molecular flexibility index (Phi) is 3.46. The molecule has 0 aliphatic heterocycles. The summed E-state index contributed by atoms with van der Waals surface area (Å²) >= 11 is 7.07. The summed E-state index contributed by atoms with van der Waals surface area (Å²) in [6, 6.07) is 0. The van der Waals surface area contributed by atoms with Gasteiger partial charge >= 0.3 is 0 Å². The Hall–Kier alpha value is -0.470. The van der Waals surface area contributed by atoms with Gasteiger partial charge in [0, 0.05) is 23.1 Å². The van der Waals surface area contributed by atoms with Crippen LogP contribution in [0.3, 0.4) is 0 Å². The van der Waals surface area contributed by atoms with Gasteiger partial charge in [-0.2, -0.15) is 0 Å². The van der Waals surface area contributed by atoms with Gasteiger partial charge < -0.3 is 5.32 Å². The van der Waals surface area contributed by atoms with E-state index in [2.05, 4.69) is 23.0 Å². The highest BCUT2D eigenvalue weighted by Gasteiger charge is 1.94. The van der Waals surface area contributed by atoms with E-state index in [4.69, 9.17) is 11.6 Å². The monoisotopic (exact) mass is 187 g/mol. The molecule has 1 rings (SSSR count). The molecule has 1 heterocycles. The fourth-order valence-electron chi connectivity index (χ4n) is 0.755. The molecule has 11 heavy (non-hydrogen) atoms. The molecule has 0 unspecified atom stereocenters. The van der Waals surface area contributed by atoms with Gasteiger partial charge in [-0.15, -0.1) is 11.3 Å². The second kappa shape index (κ2) is 4.42. The molecule has 1 nitrogen and oxygen atoms in total. The third kappa shape index (κ3) is 2.56. The van der Waals surface area contributed by atoms with Crippen LogP contribution in [0.1, 0.15) is 5.56 Å². The molecule has 0 amide bonds. The van der Waals surface area contributed by atoms with Gasteiger partial charge in [-0.3, -0.25) is 0 Å². The summed E-state index contributed by atoms with van der Waals surface area (Å²) in [5.41, 5.74) is 4.01. The lowest BCUT2D eigenvalue weighted by Crippen LogP contribution is -1.97. The largest absolute Gasteiger partial charge is 0.381 e.